The molecule has 0 aliphatic heterocycles. The van der Waals surface area contributed by atoms with Gasteiger partial charge in [-0.15, -0.1) is 0 Å². The maximum atomic E-state index is 5.63. The van der Waals surface area contributed by atoms with E-state index in [4.69, 9.17) is 22.7 Å². The van der Waals surface area contributed by atoms with Crippen molar-refractivity contribution in [1.82, 2.24) is 4.90 Å². The lowest BCUT2D eigenvalue weighted by molar-refractivity contribution is 0.233. The standard InChI is InChI=1S/C14H22N2OS/c1-4-12(9-14(15)18)16(2)10-11-5-7-13(17-3)8-6-11/h5-8,12H,4,9-10H2,1-3H3,(H2,15,18). The van der Waals surface area contributed by atoms with Crippen LogP contribution in [0.1, 0.15) is 25.3 Å². The molecule has 1 aromatic rings. The molecule has 4 heteroatoms. The summed E-state index contributed by atoms with van der Waals surface area (Å²) in [4.78, 5) is 2.88. The van der Waals surface area contributed by atoms with Crippen LogP contribution in [0.2, 0.25) is 0 Å². The van der Waals surface area contributed by atoms with Crippen molar-refractivity contribution in [2.45, 2.75) is 32.4 Å². The number of hydrogen-bond acceptors (Lipinski definition) is 3. The molecule has 0 fully saturated rings. The van der Waals surface area contributed by atoms with E-state index in [1.807, 2.05) is 12.1 Å². The Morgan fingerprint density at radius 3 is 2.44 bits per heavy atom. The maximum absolute atomic E-state index is 5.63. The molecule has 0 saturated carbocycles. The van der Waals surface area contributed by atoms with E-state index in [1.54, 1.807) is 7.11 Å². The van der Waals surface area contributed by atoms with Crippen LogP contribution < -0.4 is 10.5 Å². The lowest BCUT2D eigenvalue weighted by Crippen LogP contribution is -2.34. The first kappa shape index (κ1) is 14.9. The molecule has 0 spiro atoms. The molecule has 100 valence electrons. The molecule has 0 aliphatic rings. The van der Waals surface area contributed by atoms with E-state index in [0.717, 1.165) is 25.1 Å². The summed E-state index contributed by atoms with van der Waals surface area (Å²) >= 11 is 4.99. The second kappa shape index (κ2) is 7.34. The van der Waals surface area contributed by atoms with Crippen molar-refractivity contribution in [3.05, 3.63) is 29.8 Å². The van der Waals surface area contributed by atoms with E-state index in [9.17, 15) is 0 Å². The minimum atomic E-state index is 0.407. The Bertz CT molecular complexity index is 378. The Kier molecular flexibility index (Phi) is 6.09. The molecular weight excluding hydrogens is 244 g/mol. The van der Waals surface area contributed by atoms with Gasteiger partial charge in [-0.1, -0.05) is 31.3 Å². The summed E-state index contributed by atoms with van der Waals surface area (Å²) in [5.74, 6) is 0.886. The van der Waals surface area contributed by atoms with Gasteiger partial charge >= 0.3 is 0 Å². The third-order valence-electron chi connectivity index (χ3n) is 3.12. The molecule has 1 atom stereocenters. The highest BCUT2D eigenvalue weighted by atomic mass is 32.1. The quantitative estimate of drug-likeness (QED) is 0.770. The van der Waals surface area contributed by atoms with E-state index in [-0.39, 0.29) is 0 Å². The van der Waals surface area contributed by atoms with Gasteiger partial charge in [-0.3, -0.25) is 4.90 Å². The first-order valence-electron chi connectivity index (χ1n) is 6.18. The van der Waals surface area contributed by atoms with Crippen molar-refractivity contribution < 1.29 is 4.74 Å². The highest BCUT2D eigenvalue weighted by Crippen LogP contribution is 2.15. The molecule has 0 amide bonds. The highest BCUT2D eigenvalue weighted by molar-refractivity contribution is 7.80. The molecule has 0 aliphatic carbocycles. The number of benzene rings is 1. The Labute approximate surface area is 115 Å². The van der Waals surface area contributed by atoms with Crippen LogP contribution in [0.4, 0.5) is 0 Å². The van der Waals surface area contributed by atoms with E-state index in [2.05, 4.69) is 31.0 Å². The Hall–Kier alpha value is -1.13. The second-order valence-electron chi connectivity index (χ2n) is 4.50. The first-order chi connectivity index (χ1) is 8.56. The lowest BCUT2D eigenvalue weighted by atomic mass is 10.1. The molecule has 3 nitrogen and oxygen atoms in total. The van der Waals surface area contributed by atoms with Crippen molar-refractivity contribution >= 4 is 17.2 Å². The van der Waals surface area contributed by atoms with Crippen molar-refractivity contribution in [2.24, 2.45) is 5.73 Å². The fraction of sp³-hybridized carbons (Fsp3) is 0.500. The van der Waals surface area contributed by atoms with Gasteiger partial charge in [0.05, 0.1) is 12.1 Å². The van der Waals surface area contributed by atoms with Crippen LogP contribution in [0.25, 0.3) is 0 Å². The summed E-state index contributed by atoms with van der Waals surface area (Å²) in [6, 6.07) is 8.55. The molecule has 0 aromatic heterocycles. The number of methoxy groups -OCH3 is 1. The van der Waals surface area contributed by atoms with E-state index < -0.39 is 0 Å². The van der Waals surface area contributed by atoms with Gasteiger partial charge in [0.2, 0.25) is 0 Å². The molecule has 2 N–H and O–H groups in total. The molecule has 1 unspecified atom stereocenters. The molecule has 18 heavy (non-hydrogen) atoms. The SMILES string of the molecule is CCC(CC(N)=S)N(C)Cc1ccc(OC)cc1. The van der Waals surface area contributed by atoms with Gasteiger partial charge < -0.3 is 10.5 Å². The molecule has 0 saturated heterocycles. The number of nitrogens with zero attached hydrogens (tertiary/aromatic N) is 1. The second-order valence-corrected chi connectivity index (χ2v) is 5.02. The fourth-order valence-electron chi connectivity index (χ4n) is 1.99. The number of thiocarbonyl (C=S) groups is 1. The van der Waals surface area contributed by atoms with Crippen LogP contribution in [0, 0.1) is 0 Å². The summed E-state index contributed by atoms with van der Waals surface area (Å²) in [7, 11) is 3.78. The monoisotopic (exact) mass is 266 g/mol. The minimum Gasteiger partial charge on any atom is -0.497 e. The van der Waals surface area contributed by atoms with Crippen molar-refractivity contribution in [1.29, 1.82) is 0 Å². The van der Waals surface area contributed by atoms with E-state index >= 15 is 0 Å². The molecule has 0 bridgehead atoms. The molecular formula is C14H22N2OS. The predicted molar refractivity (Wildman–Crippen MR) is 79.9 cm³/mol. The normalized spacial score (nSPS) is 12.4. The van der Waals surface area contributed by atoms with Gasteiger partial charge in [-0.25, -0.2) is 0 Å². The van der Waals surface area contributed by atoms with E-state index in [0.29, 0.717) is 11.0 Å². The Morgan fingerprint density at radius 1 is 1.39 bits per heavy atom. The van der Waals surface area contributed by atoms with Crippen LogP contribution in [0.5, 0.6) is 5.75 Å². The number of hydrogen-bond donors (Lipinski definition) is 1. The zero-order valence-corrected chi connectivity index (χ0v) is 12.2. The van der Waals surface area contributed by atoms with Crippen LogP contribution >= 0.6 is 12.2 Å². The zero-order chi connectivity index (χ0) is 13.5. The average Bonchev–Trinajstić information content (AvgIpc) is 2.36. The average molecular weight is 266 g/mol. The van der Waals surface area contributed by atoms with Crippen LogP contribution in [-0.4, -0.2) is 30.1 Å². The maximum Gasteiger partial charge on any atom is 0.118 e. The molecule has 1 rings (SSSR count). The van der Waals surface area contributed by atoms with Gasteiger partial charge in [-0.2, -0.15) is 0 Å². The van der Waals surface area contributed by atoms with E-state index in [1.165, 1.54) is 5.56 Å². The van der Waals surface area contributed by atoms with Gasteiger partial charge in [0.1, 0.15) is 5.75 Å². The molecule has 0 heterocycles. The van der Waals surface area contributed by atoms with Crippen LogP contribution in [0.3, 0.4) is 0 Å². The fourth-order valence-corrected chi connectivity index (χ4v) is 2.18. The molecule has 1 aromatic carbocycles. The number of nitrogens with two attached hydrogens (primary N) is 1. The van der Waals surface area contributed by atoms with Gasteiger partial charge in [0, 0.05) is 19.0 Å². The van der Waals surface area contributed by atoms with Gasteiger partial charge in [0.15, 0.2) is 0 Å². The summed E-state index contributed by atoms with van der Waals surface area (Å²) in [6.45, 7) is 3.05. The van der Waals surface area contributed by atoms with Crippen molar-refractivity contribution in [3.63, 3.8) is 0 Å². The van der Waals surface area contributed by atoms with Gasteiger partial charge in [0.25, 0.3) is 0 Å². The summed E-state index contributed by atoms with van der Waals surface area (Å²) < 4.78 is 5.15. The Morgan fingerprint density at radius 2 is 2.00 bits per heavy atom. The van der Waals surface area contributed by atoms with Crippen molar-refractivity contribution in [2.75, 3.05) is 14.2 Å². The minimum absolute atomic E-state index is 0.407. The smallest absolute Gasteiger partial charge is 0.118 e. The number of ether oxygens (including phenoxy) is 1. The van der Waals surface area contributed by atoms with Crippen LogP contribution in [0.15, 0.2) is 24.3 Å². The largest absolute Gasteiger partial charge is 0.497 e. The van der Waals surface area contributed by atoms with Crippen LogP contribution in [-0.2, 0) is 6.54 Å². The third-order valence-corrected chi connectivity index (χ3v) is 3.29. The Balaban J connectivity index is 2.60. The first-order valence-corrected chi connectivity index (χ1v) is 6.59. The summed E-state index contributed by atoms with van der Waals surface area (Å²) in [5.41, 5.74) is 6.89. The topological polar surface area (TPSA) is 38.5 Å². The van der Waals surface area contributed by atoms with Gasteiger partial charge in [-0.05, 0) is 31.2 Å². The summed E-state index contributed by atoms with van der Waals surface area (Å²) in [6.07, 6.45) is 1.82. The summed E-state index contributed by atoms with van der Waals surface area (Å²) in [5, 5.41) is 0. The van der Waals surface area contributed by atoms with Crippen molar-refractivity contribution in [3.8, 4) is 5.75 Å². The number of rotatable bonds is 7. The lowest BCUT2D eigenvalue weighted by Gasteiger charge is -2.26. The molecule has 0 radical (unpaired) electrons. The predicted octanol–water partition coefficient (Wildman–Crippen LogP) is 2.58. The third kappa shape index (κ3) is 4.63. The zero-order valence-electron chi connectivity index (χ0n) is 11.3. The highest BCUT2D eigenvalue weighted by Gasteiger charge is 2.13.